The molecule has 0 fully saturated rings. The summed E-state index contributed by atoms with van der Waals surface area (Å²) in [6.45, 7) is 2.28. The molecule has 1 nitrogen and oxygen atoms in total. The lowest BCUT2D eigenvalue weighted by molar-refractivity contribution is 0.556. The number of anilines is 1. The highest BCUT2D eigenvalue weighted by molar-refractivity contribution is 9.10. The van der Waals surface area contributed by atoms with E-state index in [0.29, 0.717) is 0 Å². The number of aryl methyl sites for hydroxylation is 1. The van der Waals surface area contributed by atoms with E-state index in [9.17, 15) is 0 Å². The Morgan fingerprint density at radius 2 is 1.40 bits per heavy atom. The van der Waals surface area contributed by atoms with Crippen molar-refractivity contribution in [2.75, 3.05) is 5.73 Å². The van der Waals surface area contributed by atoms with Crippen molar-refractivity contribution in [3.63, 3.8) is 0 Å². The van der Waals surface area contributed by atoms with E-state index < -0.39 is 0 Å². The van der Waals surface area contributed by atoms with Crippen molar-refractivity contribution >= 4 is 21.6 Å². The molecule has 0 saturated heterocycles. The Labute approximate surface area is 133 Å². The standard InChI is InChI=1S/C18H30BrN/c1-2-3-4-5-6-7-8-9-10-11-12-16-15-17(19)13-14-18(16)20/h13-15H,2-12,20H2,1H3. The van der Waals surface area contributed by atoms with Crippen LogP contribution in [0.15, 0.2) is 22.7 Å². The minimum Gasteiger partial charge on any atom is -0.399 e. The second-order valence-corrected chi connectivity index (χ2v) is 6.69. The SMILES string of the molecule is CCCCCCCCCCCCc1cc(Br)ccc1N. The summed E-state index contributed by atoms with van der Waals surface area (Å²) in [6, 6.07) is 6.16. The van der Waals surface area contributed by atoms with Crippen LogP contribution in [0, 0.1) is 0 Å². The molecule has 0 amide bonds. The Hall–Kier alpha value is -0.500. The Morgan fingerprint density at radius 1 is 0.850 bits per heavy atom. The molecule has 114 valence electrons. The maximum atomic E-state index is 5.99. The van der Waals surface area contributed by atoms with E-state index in [-0.39, 0.29) is 0 Å². The van der Waals surface area contributed by atoms with E-state index in [4.69, 9.17) is 5.73 Å². The first kappa shape index (κ1) is 17.6. The highest BCUT2D eigenvalue weighted by Gasteiger charge is 2.00. The van der Waals surface area contributed by atoms with Gasteiger partial charge >= 0.3 is 0 Å². The molecule has 20 heavy (non-hydrogen) atoms. The van der Waals surface area contributed by atoms with Crippen molar-refractivity contribution < 1.29 is 0 Å². The van der Waals surface area contributed by atoms with Crippen LogP contribution in [0.4, 0.5) is 5.69 Å². The molecule has 1 rings (SSSR count). The summed E-state index contributed by atoms with van der Waals surface area (Å²) in [5.41, 5.74) is 8.21. The normalized spacial score (nSPS) is 10.9. The average molecular weight is 340 g/mol. The van der Waals surface area contributed by atoms with Crippen molar-refractivity contribution in [3.8, 4) is 0 Å². The number of nitrogen functional groups attached to an aromatic ring is 1. The first-order valence-electron chi connectivity index (χ1n) is 8.28. The molecule has 0 aliphatic carbocycles. The van der Waals surface area contributed by atoms with E-state index in [2.05, 4.69) is 28.9 Å². The zero-order valence-corrected chi connectivity index (χ0v) is 14.6. The van der Waals surface area contributed by atoms with Gasteiger partial charge in [-0.3, -0.25) is 0 Å². The minimum atomic E-state index is 0.934. The lowest BCUT2D eigenvalue weighted by Gasteiger charge is -2.06. The first-order chi connectivity index (χ1) is 9.74. The van der Waals surface area contributed by atoms with Crippen LogP contribution in [-0.2, 0) is 6.42 Å². The lowest BCUT2D eigenvalue weighted by atomic mass is 10.0. The third-order valence-electron chi connectivity index (χ3n) is 3.90. The minimum absolute atomic E-state index is 0.934. The molecule has 0 unspecified atom stereocenters. The van der Waals surface area contributed by atoms with Gasteiger partial charge in [0.1, 0.15) is 0 Å². The highest BCUT2D eigenvalue weighted by atomic mass is 79.9. The van der Waals surface area contributed by atoms with Crippen LogP contribution < -0.4 is 5.73 Å². The predicted octanol–water partition coefficient (Wildman–Crippen LogP) is 6.49. The molecule has 2 heteroatoms. The second kappa shape index (κ2) is 11.2. The maximum absolute atomic E-state index is 5.99. The summed E-state index contributed by atoms with van der Waals surface area (Å²) in [7, 11) is 0. The van der Waals surface area contributed by atoms with Gasteiger partial charge in [0.2, 0.25) is 0 Å². The van der Waals surface area contributed by atoms with Crippen LogP contribution in [0.2, 0.25) is 0 Å². The maximum Gasteiger partial charge on any atom is 0.0347 e. The molecule has 0 radical (unpaired) electrons. The molecule has 0 aliphatic heterocycles. The number of hydrogen-bond acceptors (Lipinski definition) is 1. The van der Waals surface area contributed by atoms with Gasteiger partial charge in [-0.05, 0) is 36.6 Å². The Balaban J connectivity index is 1.98. The molecule has 0 atom stereocenters. The summed E-state index contributed by atoms with van der Waals surface area (Å²) < 4.78 is 1.13. The molecule has 0 heterocycles. The smallest absolute Gasteiger partial charge is 0.0347 e. The molecular formula is C18H30BrN. The van der Waals surface area contributed by atoms with Crippen molar-refractivity contribution in [2.24, 2.45) is 0 Å². The summed E-state index contributed by atoms with van der Waals surface area (Å²) in [4.78, 5) is 0. The highest BCUT2D eigenvalue weighted by Crippen LogP contribution is 2.21. The number of halogens is 1. The molecule has 0 spiro atoms. The van der Waals surface area contributed by atoms with Gasteiger partial charge in [0.05, 0.1) is 0 Å². The van der Waals surface area contributed by atoms with Gasteiger partial charge in [0, 0.05) is 10.2 Å². The molecular weight excluding hydrogens is 310 g/mol. The molecule has 1 aromatic rings. The zero-order chi connectivity index (χ0) is 14.6. The molecule has 1 aromatic carbocycles. The van der Waals surface area contributed by atoms with Crippen LogP contribution in [0.3, 0.4) is 0 Å². The van der Waals surface area contributed by atoms with Crippen LogP contribution in [-0.4, -0.2) is 0 Å². The third kappa shape index (κ3) is 7.94. The van der Waals surface area contributed by atoms with Crippen LogP contribution >= 0.6 is 15.9 Å². The van der Waals surface area contributed by atoms with Crippen molar-refractivity contribution in [1.29, 1.82) is 0 Å². The Bertz CT molecular complexity index is 362. The Morgan fingerprint density at radius 3 is 2.00 bits per heavy atom. The lowest BCUT2D eigenvalue weighted by Crippen LogP contribution is -1.94. The average Bonchev–Trinajstić information content (AvgIpc) is 2.44. The monoisotopic (exact) mass is 339 g/mol. The van der Waals surface area contributed by atoms with Gasteiger partial charge in [0.15, 0.2) is 0 Å². The third-order valence-corrected chi connectivity index (χ3v) is 4.40. The van der Waals surface area contributed by atoms with Gasteiger partial charge < -0.3 is 5.73 Å². The first-order valence-corrected chi connectivity index (χ1v) is 9.07. The van der Waals surface area contributed by atoms with Crippen LogP contribution in [0.25, 0.3) is 0 Å². The summed E-state index contributed by atoms with van der Waals surface area (Å²) in [5, 5.41) is 0. The second-order valence-electron chi connectivity index (χ2n) is 5.78. The largest absolute Gasteiger partial charge is 0.399 e. The summed E-state index contributed by atoms with van der Waals surface area (Å²) in [6.07, 6.45) is 15.0. The number of rotatable bonds is 11. The Kier molecular flexibility index (Phi) is 9.82. The quantitative estimate of drug-likeness (QED) is 0.361. The summed E-state index contributed by atoms with van der Waals surface area (Å²) >= 11 is 3.51. The van der Waals surface area contributed by atoms with E-state index in [1.165, 1.54) is 69.8 Å². The van der Waals surface area contributed by atoms with Crippen molar-refractivity contribution in [2.45, 2.75) is 77.6 Å². The molecule has 2 N–H and O–H groups in total. The molecule has 0 aliphatic rings. The van der Waals surface area contributed by atoms with Gasteiger partial charge in [-0.1, -0.05) is 80.6 Å². The van der Waals surface area contributed by atoms with Gasteiger partial charge in [-0.25, -0.2) is 0 Å². The van der Waals surface area contributed by atoms with E-state index in [0.717, 1.165) is 16.6 Å². The predicted molar refractivity (Wildman–Crippen MR) is 94.1 cm³/mol. The fourth-order valence-corrected chi connectivity index (χ4v) is 3.00. The number of benzene rings is 1. The van der Waals surface area contributed by atoms with Gasteiger partial charge in [-0.15, -0.1) is 0 Å². The van der Waals surface area contributed by atoms with Crippen LogP contribution in [0.1, 0.15) is 76.7 Å². The molecule has 0 aromatic heterocycles. The van der Waals surface area contributed by atoms with Crippen molar-refractivity contribution in [3.05, 3.63) is 28.2 Å². The van der Waals surface area contributed by atoms with Gasteiger partial charge in [0.25, 0.3) is 0 Å². The summed E-state index contributed by atoms with van der Waals surface area (Å²) in [5.74, 6) is 0. The van der Waals surface area contributed by atoms with E-state index >= 15 is 0 Å². The fraction of sp³-hybridized carbons (Fsp3) is 0.667. The number of nitrogens with two attached hydrogens (primary N) is 1. The van der Waals surface area contributed by atoms with E-state index in [1.54, 1.807) is 0 Å². The van der Waals surface area contributed by atoms with Crippen molar-refractivity contribution in [1.82, 2.24) is 0 Å². The zero-order valence-electron chi connectivity index (χ0n) is 13.0. The van der Waals surface area contributed by atoms with E-state index in [1.807, 2.05) is 12.1 Å². The topological polar surface area (TPSA) is 26.0 Å². The molecule has 0 saturated carbocycles. The number of hydrogen-bond donors (Lipinski definition) is 1. The fourth-order valence-electron chi connectivity index (χ4n) is 2.59. The van der Waals surface area contributed by atoms with Gasteiger partial charge in [-0.2, -0.15) is 0 Å². The number of unbranched alkanes of at least 4 members (excludes halogenated alkanes) is 9. The molecule has 0 bridgehead atoms. The van der Waals surface area contributed by atoms with Crippen LogP contribution in [0.5, 0.6) is 0 Å².